The van der Waals surface area contributed by atoms with Gasteiger partial charge in [-0.2, -0.15) is 4.68 Å². The highest BCUT2D eigenvalue weighted by atomic mass is 19.1. The average Bonchev–Trinajstić information content (AvgIpc) is 3.11. The standard InChI is InChI=1S/C17H10F2N6O/c18-11-6-10(7-12(19)8-11)15-14(9-20-17(26)21-15)16-22-23-24-25(16)13-4-2-1-3-5-13/h1-9H,(H,20,21,26). The molecule has 1 N–H and O–H groups in total. The molecule has 0 atom stereocenters. The van der Waals surface area contributed by atoms with Gasteiger partial charge in [0.2, 0.25) is 0 Å². The third-order valence-electron chi connectivity index (χ3n) is 3.67. The molecule has 0 unspecified atom stereocenters. The van der Waals surface area contributed by atoms with Gasteiger partial charge in [0.25, 0.3) is 0 Å². The molecule has 2 heterocycles. The van der Waals surface area contributed by atoms with Gasteiger partial charge in [0.1, 0.15) is 11.6 Å². The number of tetrazole rings is 1. The number of hydrogen-bond donors (Lipinski definition) is 1. The monoisotopic (exact) mass is 352 g/mol. The second-order valence-corrected chi connectivity index (χ2v) is 5.38. The van der Waals surface area contributed by atoms with E-state index in [-0.39, 0.29) is 17.1 Å². The highest BCUT2D eigenvalue weighted by molar-refractivity contribution is 5.77. The van der Waals surface area contributed by atoms with E-state index in [4.69, 9.17) is 0 Å². The van der Waals surface area contributed by atoms with E-state index in [1.54, 1.807) is 12.1 Å². The van der Waals surface area contributed by atoms with E-state index < -0.39 is 17.3 Å². The fraction of sp³-hybridized carbons (Fsp3) is 0. The first-order chi connectivity index (χ1) is 12.6. The summed E-state index contributed by atoms with van der Waals surface area (Å²) in [7, 11) is 0. The second-order valence-electron chi connectivity index (χ2n) is 5.38. The van der Waals surface area contributed by atoms with Crippen LogP contribution < -0.4 is 5.69 Å². The molecule has 128 valence electrons. The Bertz CT molecular complexity index is 1120. The maximum Gasteiger partial charge on any atom is 0.345 e. The van der Waals surface area contributed by atoms with Gasteiger partial charge in [0.15, 0.2) is 5.82 Å². The molecule has 0 saturated carbocycles. The number of aromatic amines is 1. The number of halogens is 2. The Hall–Kier alpha value is -3.75. The molecular formula is C17H10F2N6O. The van der Waals surface area contributed by atoms with Gasteiger partial charge in [0.05, 0.1) is 16.9 Å². The summed E-state index contributed by atoms with van der Waals surface area (Å²) in [6, 6.07) is 12.0. The maximum atomic E-state index is 13.6. The summed E-state index contributed by atoms with van der Waals surface area (Å²) < 4.78 is 28.7. The zero-order valence-electron chi connectivity index (χ0n) is 13.1. The van der Waals surface area contributed by atoms with Crippen LogP contribution in [0.15, 0.2) is 59.5 Å². The van der Waals surface area contributed by atoms with Crippen molar-refractivity contribution in [3.63, 3.8) is 0 Å². The highest BCUT2D eigenvalue weighted by Crippen LogP contribution is 2.29. The van der Waals surface area contributed by atoms with Gasteiger partial charge in [-0.05, 0) is 34.7 Å². The first kappa shape index (κ1) is 15.8. The zero-order valence-corrected chi connectivity index (χ0v) is 13.1. The molecule has 4 rings (SSSR count). The van der Waals surface area contributed by atoms with Crippen LogP contribution in [0.3, 0.4) is 0 Å². The molecular weight excluding hydrogens is 342 g/mol. The van der Waals surface area contributed by atoms with Crippen molar-refractivity contribution < 1.29 is 8.78 Å². The van der Waals surface area contributed by atoms with Gasteiger partial charge >= 0.3 is 5.69 Å². The molecule has 0 spiro atoms. The van der Waals surface area contributed by atoms with Crippen molar-refractivity contribution in [2.45, 2.75) is 0 Å². The minimum atomic E-state index is -0.772. The lowest BCUT2D eigenvalue weighted by atomic mass is 10.1. The van der Waals surface area contributed by atoms with Crippen molar-refractivity contribution in [2.75, 3.05) is 0 Å². The van der Waals surface area contributed by atoms with E-state index in [0.29, 0.717) is 11.3 Å². The molecule has 0 bridgehead atoms. The molecule has 2 aromatic heterocycles. The lowest BCUT2D eigenvalue weighted by Crippen LogP contribution is -2.12. The van der Waals surface area contributed by atoms with Crippen molar-refractivity contribution in [1.29, 1.82) is 0 Å². The largest absolute Gasteiger partial charge is 0.345 e. The molecule has 4 aromatic rings. The van der Waals surface area contributed by atoms with Crippen LogP contribution in [0.4, 0.5) is 8.78 Å². The first-order valence-electron chi connectivity index (χ1n) is 7.52. The molecule has 0 saturated heterocycles. The van der Waals surface area contributed by atoms with Crippen molar-refractivity contribution in [3.05, 3.63) is 76.8 Å². The Balaban J connectivity index is 1.95. The van der Waals surface area contributed by atoms with Crippen LogP contribution in [-0.4, -0.2) is 30.2 Å². The molecule has 2 aromatic carbocycles. The zero-order chi connectivity index (χ0) is 18.1. The van der Waals surface area contributed by atoms with Crippen molar-refractivity contribution in [1.82, 2.24) is 30.2 Å². The van der Waals surface area contributed by atoms with E-state index in [1.807, 2.05) is 18.2 Å². The van der Waals surface area contributed by atoms with Crippen LogP contribution in [0.5, 0.6) is 0 Å². The second kappa shape index (κ2) is 6.28. The summed E-state index contributed by atoms with van der Waals surface area (Å²) in [4.78, 5) is 17.9. The Morgan fingerprint density at radius 3 is 2.46 bits per heavy atom. The number of hydrogen-bond acceptors (Lipinski definition) is 5. The maximum absolute atomic E-state index is 13.6. The topological polar surface area (TPSA) is 89.3 Å². The number of nitrogens with one attached hydrogen (secondary N) is 1. The smallest absolute Gasteiger partial charge is 0.305 e. The van der Waals surface area contributed by atoms with Crippen LogP contribution in [0.2, 0.25) is 0 Å². The fourth-order valence-corrected chi connectivity index (χ4v) is 2.59. The Labute approximate surface area is 145 Å². The molecule has 9 heteroatoms. The van der Waals surface area contributed by atoms with Crippen LogP contribution in [-0.2, 0) is 0 Å². The van der Waals surface area contributed by atoms with Crippen LogP contribution in [0.25, 0.3) is 28.3 Å². The summed E-state index contributed by atoms with van der Waals surface area (Å²) in [6.45, 7) is 0. The van der Waals surface area contributed by atoms with E-state index in [9.17, 15) is 13.6 Å². The molecule has 0 aliphatic heterocycles. The van der Waals surface area contributed by atoms with Gasteiger partial charge in [-0.25, -0.2) is 18.6 Å². The molecule has 0 aliphatic carbocycles. The Morgan fingerprint density at radius 1 is 1.00 bits per heavy atom. The van der Waals surface area contributed by atoms with Crippen LogP contribution in [0, 0.1) is 11.6 Å². The van der Waals surface area contributed by atoms with E-state index in [0.717, 1.165) is 18.2 Å². The van der Waals surface area contributed by atoms with Crippen molar-refractivity contribution >= 4 is 0 Å². The Morgan fingerprint density at radius 2 is 1.73 bits per heavy atom. The Kier molecular flexibility index (Phi) is 3.81. The minimum Gasteiger partial charge on any atom is -0.305 e. The van der Waals surface area contributed by atoms with Gasteiger partial charge in [-0.1, -0.05) is 18.2 Å². The van der Waals surface area contributed by atoms with Crippen LogP contribution in [0.1, 0.15) is 0 Å². The number of nitrogens with zero attached hydrogens (tertiary/aromatic N) is 5. The minimum absolute atomic E-state index is 0.139. The molecule has 0 fully saturated rings. The normalized spacial score (nSPS) is 10.8. The van der Waals surface area contributed by atoms with Crippen molar-refractivity contribution in [3.8, 4) is 28.3 Å². The lowest BCUT2D eigenvalue weighted by molar-refractivity contribution is 0.584. The first-order valence-corrected chi connectivity index (χ1v) is 7.52. The molecule has 7 nitrogen and oxygen atoms in total. The summed E-state index contributed by atoms with van der Waals surface area (Å²) in [6.07, 6.45) is 1.27. The summed E-state index contributed by atoms with van der Waals surface area (Å²) in [5, 5.41) is 11.6. The quantitative estimate of drug-likeness (QED) is 0.611. The van der Waals surface area contributed by atoms with Gasteiger partial charge < -0.3 is 4.98 Å². The number of para-hydroxylation sites is 1. The molecule has 0 radical (unpaired) electrons. The third kappa shape index (κ3) is 2.86. The number of benzene rings is 2. The average molecular weight is 352 g/mol. The van der Waals surface area contributed by atoms with Crippen molar-refractivity contribution in [2.24, 2.45) is 0 Å². The number of aromatic nitrogens is 6. The highest BCUT2D eigenvalue weighted by Gasteiger charge is 2.18. The third-order valence-corrected chi connectivity index (χ3v) is 3.67. The van der Waals surface area contributed by atoms with Crippen LogP contribution >= 0.6 is 0 Å². The summed E-state index contributed by atoms with van der Waals surface area (Å²) >= 11 is 0. The lowest BCUT2D eigenvalue weighted by Gasteiger charge is -2.09. The molecule has 26 heavy (non-hydrogen) atoms. The van der Waals surface area contributed by atoms with Gasteiger partial charge in [-0.15, -0.1) is 5.10 Å². The van der Waals surface area contributed by atoms with Gasteiger partial charge in [-0.3, -0.25) is 0 Å². The van der Waals surface area contributed by atoms with Gasteiger partial charge in [0, 0.05) is 17.8 Å². The van der Waals surface area contributed by atoms with E-state index in [1.165, 1.54) is 10.9 Å². The van der Waals surface area contributed by atoms with E-state index in [2.05, 4.69) is 25.5 Å². The number of rotatable bonds is 3. The number of H-pyrrole nitrogens is 1. The summed E-state index contributed by atoms with van der Waals surface area (Å²) in [5.41, 5.74) is 0.640. The molecule has 0 amide bonds. The fourth-order valence-electron chi connectivity index (χ4n) is 2.59. The molecule has 0 aliphatic rings. The SMILES string of the molecule is O=c1ncc(-c2nnnn2-c2ccccc2)c(-c2cc(F)cc(F)c2)[nH]1. The summed E-state index contributed by atoms with van der Waals surface area (Å²) in [5.74, 6) is -1.28. The van der Waals surface area contributed by atoms with E-state index >= 15 is 0 Å². The predicted molar refractivity (Wildman–Crippen MR) is 88.4 cm³/mol. The predicted octanol–water partition coefficient (Wildman–Crippen LogP) is 2.36.